The highest BCUT2D eigenvalue weighted by Crippen LogP contribution is 2.12. The molecular weight excluding hydrogens is 142 g/mol. The van der Waals surface area contributed by atoms with E-state index < -0.39 is 0 Å². The van der Waals surface area contributed by atoms with Crippen LogP contribution in [0.15, 0.2) is 4.52 Å². The van der Waals surface area contributed by atoms with Crippen LogP contribution in [0.4, 0.5) is 0 Å². The molecule has 4 nitrogen and oxygen atoms in total. The lowest BCUT2D eigenvalue weighted by atomic mass is 10.2. The zero-order valence-electron chi connectivity index (χ0n) is 6.87. The van der Waals surface area contributed by atoms with Crippen LogP contribution < -0.4 is 5.73 Å². The Morgan fingerprint density at radius 3 is 2.82 bits per heavy atom. The predicted octanol–water partition coefficient (Wildman–Crippen LogP) is 1.18. The molecule has 0 saturated carbocycles. The van der Waals surface area contributed by atoms with E-state index in [1.54, 1.807) is 6.92 Å². The second-order valence-electron chi connectivity index (χ2n) is 2.57. The van der Waals surface area contributed by atoms with E-state index in [9.17, 15) is 0 Å². The molecule has 0 aliphatic rings. The van der Waals surface area contributed by atoms with Crippen molar-refractivity contribution >= 4 is 0 Å². The van der Waals surface area contributed by atoms with E-state index in [2.05, 4.69) is 17.1 Å². The molecule has 11 heavy (non-hydrogen) atoms. The molecule has 0 saturated heterocycles. The summed E-state index contributed by atoms with van der Waals surface area (Å²) >= 11 is 0. The van der Waals surface area contributed by atoms with Crippen LogP contribution >= 0.6 is 0 Å². The molecular formula is C7H13N3O. The van der Waals surface area contributed by atoms with Gasteiger partial charge in [-0.3, -0.25) is 0 Å². The van der Waals surface area contributed by atoms with Crippen molar-refractivity contribution in [3.05, 3.63) is 11.7 Å². The number of hydrogen-bond acceptors (Lipinski definition) is 4. The normalized spacial score (nSPS) is 13.4. The van der Waals surface area contributed by atoms with Crippen molar-refractivity contribution in [3.63, 3.8) is 0 Å². The average molecular weight is 155 g/mol. The van der Waals surface area contributed by atoms with Gasteiger partial charge in [-0.15, -0.1) is 0 Å². The summed E-state index contributed by atoms with van der Waals surface area (Å²) < 4.78 is 4.89. The van der Waals surface area contributed by atoms with Gasteiger partial charge in [0.15, 0.2) is 5.82 Å². The Morgan fingerprint density at radius 2 is 2.36 bits per heavy atom. The highest BCUT2D eigenvalue weighted by molar-refractivity contribution is 4.89. The third kappa shape index (κ3) is 2.01. The largest absolute Gasteiger partial charge is 0.338 e. The van der Waals surface area contributed by atoms with Gasteiger partial charge in [0.1, 0.15) is 0 Å². The Morgan fingerprint density at radius 1 is 1.64 bits per heavy atom. The molecule has 2 N–H and O–H groups in total. The molecule has 0 fully saturated rings. The maximum absolute atomic E-state index is 5.72. The summed E-state index contributed by atoms with van der Waals surface area (Å²) in [4.78, 5) is 4.03. The van der Waals surface area contributed by atoms with E-state index in [0.717, 1.165) is 12.8 Å². The van der Waals surface area contributed by atoms with E-state index in [4.69, 9.17) is 10.3 Å². The van der Waals surface area contributed by atoms with Crippen LogP contribution in [-0.2, 0) is 0 Å². The van der Waals surface area contributed by atoms with E-state index in [0.29, 0.717) is 11.7 Å². The summed E-state index contributed by atoms with van der Waals surface area (Å²) in [7, 11) is 0. The Labute approximate surface area is 65.8 Å². The Kier molecular flexibility index (Phi) is 2.59. The molecule has 0 amide bonds. The minimum absolute atomic E-state index is 0.0961. The molecule has 0 bridgehead atoms. The van der Waals surface area contributed by atoms with Crippen molar-refractivity contribution in [2.24, 2.45) is 5.73 Å². The van der Waals surface area contributed by atoms with E-state index >= 15 is 0 Å². The topological polar surface area (TPSA) is 64.9 Å². The number of rotatable bonds is 3. The molecule has 0 unspecified atom stereocenters. The fourth-order valence-electron chi connectivity index (χ4n) is 0.898. The molecule has 1 aromatic heterocycles. The number of aryl methyl sites for hydroxylation is 1. The third-order valence-corrected chi connectivity index (χ3v) is 1.46. The van der Waals surface area contributed by atoms with Gasteiger partial charge in [0.2, 0.25) is 5.89 Å². The third-order valence-electron chi connectivity index (χ3n) is 1.46. The number of hydrogen-bond donors (Lipinski definition) is 1. The van der Waals surface area contributed by atoms with Gasteiger partial charge in [-0.1, -0.05) is 18.5 Å². The molecule has 1 atom stereocenters. The van der Waals surface area contributed by atoms with E-state index in [1.807, 2.05) is 0 Å². The van der Waals surface area contributed by atoms with Crippen molar-refractivity contribution in [2.75, 3.05) is 0 Å². The Balaban J connectivity index is 2.60. The number of nitrogens with two attached hydrogens (primary N) is 1. The number of aromatic nitrogens is 2. The monoisotopic (exact) mass is 155 g/mol. The van der Waals surface area contributed by atoms with E-state index in [1.165, 1.54) is 0 Å². The SMILES string of the molecule is CCC[C@H](N)c1nc(C)no1. The maximum Gasteiger partial charge on any atom is 0.243 e. The van der Waals surface area contributed by atoms with Crippen molar-refractivity contribution in [2.45, 2.75) is 32.7 Å². The quantitative estimate of drug-likeness (QED) is 0.711. The van der Waals surface area contributed by atoms with Gasteiger partial charge in [0.25, 0.3) is 0 Å². The fraction of sp³-hybridized carbons (Fsp3) is 0.714. The maximum atomic E-state index is 5.72. The first-order valence-corrected chi connectivity index (χ1v) is 3.79. The predicted molar refractivity (Wildman–Crippen MR) is 40.9 cm³/mol. The summed E-state index contributed by atoms with van der Waals surface area (Å²) in [5.41, 5.74) is 5.72. The summed E-state index contributed by atoms with van der Waals surface area (Å²) in [6.45, 7) is 3.86. The first kappa shape index (κ1) is 8.20. The minimum atomic E-state index is -0.0961. The van der Waals surface area contributed by atoms with Crippen LogP contribution in [0.1, 0.15) is 37.5 Å². The highest BCUT2D eigenvalue weighted by Gasteiger charge is 2.11. The summed E-state index contributed by atoms with van der Waals surface area (Å²) in [6, 6.07) is -0.0961. The molecule has 0 aromatic carbocycles. The van der Waals surface area contributed by atoms with Gasteiger partial charge in [-0.05, 0) is 13.3 Å². The summed E-state index contributed by atoms with van der Waals surface area (Å²) in [5, 5.41) is 3.65. The summed E-state index contributed by atoms with van der Waals surface area (Å²) in [6.07, 6.45) is 1.92. The van der Waals surface area contributed by atoms with Crippen molar-refractivity contribution in [1.82, 2.24) is 10.1 Å². The molecule has 62 valence electrons. The van der Waals surface area contributed by atoms with Crippen LogP contribution in [0.5, 0.6) is 0 Å². The second kappa shape index (κ2) is 3.48. The van der Waals surface area contributed by atoms with Gasteiger partial charge in [-0.25, -0.2) is 0 Å². The van der Waals surface area contributed by atoms with Crippen molar-refractivity contribution in [1.29, 1.82) is 0 Å². The zero-order chi connectivity index (χ0) is 8.27. The van der Waals surface area contributed by atoms with Gasteiger partial charge < -0.3 is 10.3 Å². The Bertz CT molecular complexity index is 221. The van der Waals surface area contributed by atoms with Crippen LogP contribution in [0.3, 0.4) is 0 Å². The van der Waals surface area contributed by atoms with Crippen LogP contribution in [0, 0.1) is 6.92 Å². The minimum Gasteiger partial charge on any atom is -0.338 e. The van der Waals surface area contributed by atoms with Gasteiger partial charge in [0, 0.05) is 0 Å². The zero-order valence-corrected chi connectivity index (χ0v) is 6.87. The molecule has 0 aliphatic carbocycles. The van der Waals surface area contributed by atoms with Crippen molar-refractivity contribution < 1.29 is 4.52 Å². The van der Waals surface area contributed by atoms with E-state index in [-0.39, 0.29) is 6.04 Å². The van der Waals surface area contributed by atoms with Gasteiger partial charge in [-0.2, -0.15) is 4.98 Å². The van der Waals surface area contributed by atoms with Crippen LogP contribution in [0.25, 0.3) is 0 Å². The van der Waals surface area contributed by atoms with Crippen LogP contribution in [0.2, 0.25) is 0 Å². The lowest BCUT2D eigenvalue weighted by molar-refractivity contribution is 0.345. The van der Waals surface area contributed by atoms with Gasteiger partial charge >= 0.3 is 0 Å². The molecule has 1 aromatic rings. The molecule has 1 heterocycles. The van der Waals surface area contributed by atoms with Crippen molar-refractivity contribution in [3.8, 4) is 0 Å². The molecule has 4 heteroatoms. The smallest absolute Gasteiger partial charge is 0.243 e. The first-order valence-electron chi connectivity index (χ1n) is 3.79. The number of nitrogens with zero attached hydrogens (tertiary/aromatic N) is 2. The fourth-order valence-corrected chi connectivity index (χ4v) is 0.898. The summed E-state index contributed by atoms with van der Waals surface area (Å²) in [5.74, 6) is 1.19. The molecule has 1 rings (SSSR count). The Hall–Kier alpha value is -0.900. The molecule has 0 radical (unpaired) electrons. The first-order chi connectivity index (χ1) is 5.24. The van der Waals surface area contributed by atoms with Crippen LogP contribution in [-0.4, -0.2) is 10.1 Å². The molecule has 0 spiro atoms. The second-order valence-corrected chi connectivity index (χ2v) is 2.57. The molecule has 0 aliphatic heterocycles. The lowest BCUT2D eigenvalue weighted by Crippen LogP contribution is -2.09. The van der Waals surface area contributed by atoms with Gasteiger partial charge in [0.05, 0.1) is 6.04 Å². The average Bonchev–Trinajstić information content (AvgIpc) is 2.36. The highest BCUT2D eigenvalue weighted by atomic mass is 16.5. The lowest BCUT2D eigenvalue weighted by Gasteiger charge is -2.01. The standard InChI is InChI=1S/C7H13N3O/c1-3-4-6(8)7-9-5(2)10-11-7/h6H,3-4,8H2,1-2H3/t6-/m0/s1.